The first-order valence-corrected chi connectivity index (χ1v) is 9.09. The minimum Gasteiger partial charge on any atom is -0.464 e. The van der Waals surface area contributed by atoms with Crippen LogP contribution in [0.1, 0.15) is 35.6 Å². The Labute approximate surface area is 164 Å². The number of furan rings is 1. The molecule has 0 saturated heterocycles. The van der Waals surface area contributed by atoms with Crippen molar-refractivity contribution in [1.82, 2.24) is 5.01 Å². The molecule has 0 bridgehead atoms. The number of fused-ring (bicyclic) bond motifs is 3. The first-order chi connectivity index (χ1) is 13.6. The highest BCUT2D eigenvalue weighted by atomic mass is 35.5. The average molecular weight is 396 g/mol. The predicted molar refractivity (Wildman–Crippen MR) is 102 cm³/mol. The number of para-hydroxylation sites is 1. The second-order valence-corrected chi connectivity index (χ2v) is 7.01. The van der Waals surface area contributed by atoms with Crippen molar-refractivity contribution in [3.8, 4) is 5.75 Å². The minimum atomic E-state index is -0.608. The maximum Gasteiger partial charge on any atom is 0.288 e. The molecular weight excluding hydrogens is 382 g/mol. The summed E-state index contributed by atoms with van der Waals surface area (Å²) in [6, 6.07) is 16.1. The van der Waals surface area contributed by atoms with E-state index in [9.17, 15) is 10.1 Å². The van der Waals surface area contributed by atoms with Gasteiger partial charge < -0.3 is 9.15 Å². The van der Waals surface area contributed by atoms with Crippen molar-refractivity contribution >= 4 is 23.0 Å². The Morgan fingerprint density at radius 2 is 2.04 bits per heavy atom. The number of nitro groups is 1. The van der Waals surface area contributed by atoms with E-state index in [-0.39, 0.29) is 16.8 Å². The van der Waals surface area contributed by atoms with Crippen LogP contribution in [0.5, 0.6) is 5.75 Å². The number of hydrazone groups is 1. The van der Waals surface area contributed by atoms with Gasteiger partial charge in [0.2, 0.25) is 6.23 Å². The number of rotatable bonds is 3. The molecular formula is C20H14ClN3O4. The number of hydrogen-bond donors (Lipinski definition) is 0. The molecule has 7 nitrogen and oxygen atoms in total. The average Bonchev–Trinajstić information content (AvgIpc) is 3.37. The summed E-state index contributed by atoms with van der Waals surface area (Å²) in [5.74, 6) is 1.44. The summed E-state index contributed by atoms with van der Waals surface area (Å²) in [6.45, 7) is 0. The van der Waals surface area contributed by atoms with Crippen molar-refractivity contribution < 1.29 is 14.1 Å². The van der Waals surface area contributed by atoms with E-state index in [1.165, 1.54) is 12.1 Å². The van der Waals surface area contributed by atoms with Crippen molar-refractivity contribution in [2.24, 2.45) is 5.10 Å². The molecule has 0 spiro atoms. The third-order valence-corrected chi connectivity index (χ3v) is 5.28. The van der Waals surface area contributed by atoms with Crippen LogP contribution in [0.4, 0.5) is 5.69 Å². The van der Waals surface area contributed by atoms with Crippen LogP contribution in [-0.4, -0.2) is 15.6 Å². The first kappa shape index (κ1) is 16.8. The second kappa shape index (κ2) is 6.38. The van der Waals surface area contributed by atoms with E-state index in [1.54, 1.807) is 12.3 Å². The monoisotopic (exact) mass is 395 g/mol. The fourth-order valence-corrected chi connectivity index (χ4v) is 3.86. The van der Waals surface area contributed by atoms with Crippen LogP contribution in [0, 0.1) is 10.1 Å². The Kier molecular flexibility index (Phi) is 3.84. The fraction of sp³-hybridized carbons (Fsp3) is 0.150. The van der Waals surface area contributed by atoms with E-state index < -0.39 is 11.2 Å². The number of hydrogen-bond acceptors (Lipinski definition) is 6. The van der Waals surface area contributed by atoms with Gasteiger partial charge in [0.25, 0.3) is 5.69 Å². The van der Waals surface area contributed by atoms with Crippen LogP contribution in [-0.2, 0) is 0 Å². The zero-order valence-corrected chi connectivity index (χ0v) is 15.2. The molecule has 0 aliphatic carbocycles. The lowest BCUT2D eigenvalue weighted by Gasteiger charge is -2.38. The largest absolute Gasteiger partial charge is 0.464 e. The van der Waals surface area contributed by atoms with E-state index >= 15 is 0 Å². The van der Waals surface area contributed by atoms with Gasteiger partial charge in [0.05, 0.1) is 17.2 Å². The van der Waals surface area contributed by atoms with Gasteiger partial charge in [-0.15, -0.1) is 0 Å². The molecule has 2 aliphatic rings. The summed E-state index contributed by atoms with van der Waals surface area (Å²) >= 11 is 5.98. The smallest absolute Gasteiger partial charge is 0.288 e. The van der Waals surface area contributed by atoms with Crippen LogP contribution in [0.2, 0.25) is 5.02 Å². The molecule has 28 heavy (non-hydrogen) atoms. The van der Waals surface area contributed by atoms with Crippen LogP contribution < -0.4 is 4.74 Å². The zero-order chi connectivity index (χ0) is 19.3. The third kappa shape index (κ3) is 2.63. The van der Waals surface area contributed by atoms with Gasteiger partial charge in [0, 0.05) is 23.6 Å². The highest BCUT2D eigenvalue weighted by Crippen LogP contribution is 2.48. The summed E-state index contributed by atoms with van der Waals surface area (Å²) in [5.41, 5.74) is 2.28. The van der Waals surface area contributed by atoms with Crippen molar-refractivity contribution in [1.29, 1.82) is 0 Å². The van der Waals surface area contributed by atoms with Crippen LogP contribution in [0.15, 0.2) is 70.4 Å². The molecule has 1 aromatic heterocycles. The Bertz CT molecular complexity index is 1100. The molecule has 8 heteroatoms. The lowest BCUT2D eigenvalue weighted by molar-refractivity contribution is -0.384. The molecule has 0 amide bonds. The van der Waals surface area contributed by atoms with Crippen LogP contribution in [0.3, 0.4) is 0 Å². The summed E-state index contributed by atoms with van der Waals surface area (Å²) in [6.07, 6.45) is 1.66. The number of benzene rings is 2. The predicted octanol–water partition coefficient (Wildman–Crippen LogP) is 5.08. The molecule has 0 fully saturated rings. The Hall–Kier alpha value is -3.32. The maximum absolute atomic E-state index is 11.3. The van der Waals surface area contributed by atoms with Gasteiger partial charge in [-0.3, -0.25) is 10.1 Å². The highest BCUT2D eigenvalue weighted by molar-refractivity contribution is 6.32. The van der Waals surface area contributed by atoms with E-state index in [4.69, 9.17) is 25.9 Å². The molecule has 5 rings (SSSR count). The standard InChI is InChI=1S/C20H14ClN3O4/c21-14-8-7-12(10-17(14)24(25)26)20-23-16(13-4-1-2-5-18(13)28-20)11-15(22-23)19-6-3-9-27-19/h1-10,16,20H,11H2/t16-,20+/m0/s1. The lowest BCUT2D eigenvalue weighted by atomic mass is 9.97. The topological polar surface area (TPSA) is 81.1 Å². The second-order valence-electron chi connectivity index (χ2n) is 6.60. The van der Waals surface area contributed by atoms with Crippen LogP contribution >= 0.6 is 11.6 Å². The molecule has 2 atom stereocenters. The van der Waals surface area contributed by atoms with Crippen molar-refractivity contribution in [3.05, 3.63) is 92.9 Å². The van der Waals surface area contributed by atoms with Gasteiger partial charge in [-0.25, -0.2) is 5.01 Å². The quantitative estimate of drug-likeness (QED) is 0.456. The molecule has 0 unspecified atom stereocenters. The van der Waals surface area contributed by atoms with Gasteiger partial charge in [-0.2, -0.15) is 5.10 Å². The molecule has 2 aliphatic heterocycles. The van der Waals surface area contributed by atoms with Crippen LogP contribution in [0.25, 0.3) is 0 Å². The van der Waals surface area contributed by atoms with Crippen molar-refractivity contribution in [3.63, 3.8) is 0 Å². The number of ether oxygens (including phenoxy) is 1. The van der Waals surface area contributed by atoms with Crippen molar-refractivity contribution in [2.75, 3.05) is 0 Å². The van der Waals surface area contributed by atoms with E-state index in [0.717, 1.165) is 17.0 Å². The minimum absolute atomic E-state index is 0.0511. The summed E-state index contributed by atoms with van der Waals surface area (Å²) < 4.78 is 11.7. The zero-order valence-electron chi connectivity index (χ0n) is 14.5. The normalized spacial score (nSPS) is 20.2. The van der Waals surface area contributed by atoms with Gasteiger partial charge >= 0.3 is 0 Å². The Balaban J connectivity index is 1.62. The van der Waals surface area contributed by atoms with E-state index in [0.29, 0.717) is 17.7 Å². The van der Waals surface area contributed by atoms with E-state index in [1.807, 2.05) is 41.4 Å². The fourth-order valence-electron chi connectivity index (χ4n) is 3.67. The molecule has 3 heterocycles. The summed E-state index contributed by atoms with van der Waals surface area (Å²) in [7, 11) is 0. The number of halogens is 1. The molecule has 2 aromatic carbocycles. The molecule has 0 radical (unpaired) electrons. The number of nitrogens with zero attached hydrogens (tertiary/aromatic N) is 3. The summed E-state index contributed by atoms with van der Waals surface area (Å²) in [5, 5.41) is 18.0. The van der Waals surface area contributed by atoms with E-state index in [2.05, 4.69) is 0 Å². The molecule has 140 valence electrons. The Morgan fingerprint density at radius 3 is 2.82 bits per heavy atom. The van der Waals surface area contributed by atoms with Gasteiger partial charge in [-0.05, 0) is 24.3 Å². The highest BCUT2D eigenvalue weighted by Gasteiger charge is 2.41. The molecule has 0 saturated carbocycles. The van der Waals surface area contributed by atoms with Gasteiger partial charge in [0.15, 0.2) is 0 Å². The molecule has 3 aromatic rings. The van der Waals surface area contributed by atoms with Gasteiger partial charge in [0.1, 0.15) is 22.2 Å². The van der Waals surface area contributed by atoms with Crippen molar-refractivity contribution in [2.45, 2.75) is 18.7 Å². The Morgan fingerprint density at radius 1 is 1.18 bits per heavy atom. The van der Waals surface area contributed by atoms with Gasteiger partial charge in [-0.1, -0.05) is 35.9 Å². The first-order valence-electron chi connectivity index (χ1n) is 8.71. The summed E-state index contributed by atoms with van der Waals surface area (Å²) in [4.78, 5) is 10.8. The lowest BCUT2D eigenvalue weighted by Crippen LogP contribution is -2.33. The SMILES string of the molecule is O=[N+]([O-])c1cc([C@H]2Oc3ccccc3[C@@H]3CC(c4ccco4)=NN23)ccc1Cl. The molecule has 0 N–H and O–H groups in total. The number of nitro benzene ring substituents is 1. The third-order valence-electron chi connectivity index (χ3n) is 4.96. The maximum atomic E-state index is 11.3.